The van der Waals surface area contributed by atoms with E-state index in [0.29, 0.717) is 5.02 Å². The van der Waals surface area contributed by atoms with Gasteiger partial charge in [-0.1, -0.05) is 29.3 Å². The number of rotatable bonds is 3. The van der Waals surface area contributed by atoms with Gasteiger partial charge in [-0.15, -0.1) is 0 Å². The molecule has 0 radical (unpaired) electrons. The summed E-state index contributed by atoms with van der Waals surface area (Å²) in [5.41, 5.74) is 1.04. The molecule has 0 saturated carbocycles. The van der Waals surface area contributed by atoms with E-state index < -0.39 is 15.9 Å². The van der Waals surface area contributed by atoms with Gasteiger partial charge >= 0.3 is 0 Å². The molecule has 110 valence electrons. The van der Waals surface area contributed by atoms with Crippen molar-refractivity contribution in [1.82, 2.24) is 4.41 Å². The average molecular weight is 325 g/mol. The van der Waals surface area contributed by atoms with Gasteiger partial charge in [0, 0.05) is 10.6 Å². The van der Waals surface area contributed by atoms with Gasteiger partial charge in [0.1, 0.15) is 0 Å². The van der Waals surface area contributed by atoms with Crippen LogP contribution in [0.15, 0.2) is 53.4 Å². The molecule has 0 unspecified atom stereocenters. The molecule has 0 bridgehead atoms. The normalized spacial score (nSPS) is 11.2. The van der Waals surface area contributed by atoms with Crippen molar-refractivity contribution in [1.29, 1.82) is 0 Å². The Morgan fingerprint density at radius 3 is 2.10 bits per heavy atom. The molecule has 0 heterocycles. The van der Waals surface area contributed by atoms with Crippen LogP contribution >= 0.6 is 11.6 Å². The topological polar surface area (TPSA) is 80.5 Å². The Hall–Kier alpha value is -1.89. The molecule has 0 saturated heterocycles. The molecule has 0 atom stereocenters. The lowest BCUT2D eigenvalue weighted by Gasteiger charge is -2.17. The minimum absolute atomic E-state index is 0.0436. The maximum atomic E-state index is 12.3. The van der Waals surface area contributed by atoms with Crippen molar-refractivity contribution in [3.63, 3.8) is 0 Å². The first-order valence-electron chi connectivity index (χ1n) is 5.99. The number of nitrogens with two attached hydrogens (primary N) is 1. The van der Waals surface area contributed by atoms with Crippen LogP contribution in [0.4, 0.5) is 0 Å². The highest BCUT2D eigenvalue weighted by molar-refractivity contribution is 7.89. The highest BCUT2D eigenvalue weighted by atomic mass is 35.5. The largest absolute Gasteiger partial charge is 0.282 e. The summed E-state index contributed by atoms with van der Waals surface area (Å²) in [5.74, 6) is 4.67. The van der Waals surface area contributed by atoms with Crippen LogP contribution in [0.5, 0.6) is 0 Å². The summed E-state index contributed by atoms with van der Waals surface area (Å²) in [4.78, 5) is 12.1. The number of carbonyl (C=O) groups excluding carboxylic acids is 1. The van der Waals surface area contributed by atoms with Gasteiger partial charge in [0.25, 0.3) is 15.9 Å². The maximum Gasteiger partial charge on any atom is 0.282 e. The van der Waals surface area contributed by atoms with Gasteiger partial charge in [0.05, 0.1) is 4.90 Å². The van der Waals surface area contributed by atoms with E-state index in [4.69, 9.17) is 17.4 Å². The minimum atomic E-state index is -4.08. The molecule has 0 aliphatic carbocycles. The Balaban J connectivity index is 2.33. The summed E-state index contributed by atoms with van der Waals surface area (Å²) < 4.78 is 24.8. The van der Waals surface area contributed by atoms with Gasteiger partial charge in [-0.05, 0) is 43.3 Å². The van der Waals surface area contributed by atoms with Gasteiger partial charge in [0.2, 0.25) is 0 Å². The molecule has 2 N–H and O–H groups in total. The molecule has 7 heteroatoms. The molecule has 2 aromatic carbocycles. The Morgan fingerprint density at radius 2 is 1.57 bits per heavy atom. The number of sulfonamides is 1. The number of hydrogen-bond acceptors (Lipinski definition) is 4. The molecular formula is C14H13ClN2O3S. The van der Waals surface area contributed by atoms with Gasteiger partial charge in [-0.25, -0.2) is 5.84 Å². The van der Waals surface area contributed by atoms with Crippen LogP contribution in [0.2, 0.25) is 5.02 Å². The molecule has 5 nitrogen and oxygen atoms in total. The average Bonchev–Trinajstić information content (AvgIpc) is 2.47. The molecule has 0 aromatic heterocycles. The fraction of sp³-hybridized carbons (Fsp3) is 0.0714. The standard InChI is InChI=1S/C14H13ClN2O3S/c1-10-2-8-13(9-3-10)21(19,20)17(16)14(18)11-4-6-12(15)7-5-11/h2-9H,16H2,1H3. The molecule has 0 fully saturated rings. The first-order chi connectivity index (χ1) is 9.82. The van der Waals surface area contributed by atoms with E-state index in [2.05, 4.69) is 0 Å². The van der Waals surface area contributed by atoms with E-state index in [-0.39, 0.29) is 14.9 Å². The van der Waals surface area contributed by atoms with Crippen LogP contribution < -0.4 is 5.84 Å². The van der Waals surface area contributed by atoms with E-state index in [0.717, 1.165) is 5.56 Å². The van der Waals surface area contributed by atoms with Crippen molar-refractivity contribution in [3.8, 4) is 0 Å². The van der Waals surface area contributed by atoms with Crippen LogP contribution in [-0.2, 0) is 10.0 Å². The first kappa shape index (κ1) is 15.5. The molecule has 0 aliphatic rings. The number of nitrogens with zero attached hydrogens (tertiary/aromatic N) is 1. The summed E-state index contributed by atoms with van der Waals surface area (Å²) in [6, 6.07) is 11.9. The van der Waals surface area contributed by atoms with Gasteiger partial charge in [-0.3, -0.25) is 4.79 Å². The molecular weight excluding hydrogens is 312 g/mol. The van der Waals surface area contributed by atoms with E-state index in [1.54, 1.807) is 12.1 Å². The summed E-state index contributed by atoms with van der Waals surface area (Å²) in [6.45, 7) is 1.83. The number of hydrogen-bond donors (Lipinski definition) is 1. The fourth-order valence-electron chi connectivity index (χ4n) is 1.65. The van der Waals surface area contributed by atoms with Crippen molar-refractivity contribution in [2.75, 3.05) is 0 Å². The zero-order valence-electron chi connectivity index (χ0n) is 11.2. The van der Waals surface area contributed by atoms with Crippen LogP contribution in [0.25, 0.3) is 0 Å². The third kappa shape index (κ3) is 3.24. The summed E-state index contributed by atoms with van der Waals surface area (Å²) >= 11 is 5.72. The quantitative estimate of drug-likeness (QED) is 0.534. The smallest absolute Gasteiger partial charge is 0.266 e. The minimum Gasteiger partial charge on any atom is -0.266 e. The number of aryl methyl sites for hydroxylation is 1. The van der Waals surface area contributed by atoms with Crippen molar-refractivity contribution in [2.24, 2.45) is 5.84 Å². The highest BCUT2D eigenvalue weighted by Gasteiger charge is 2.27. The monoisotopic (exact) mass is 324 g/mol. The number of hydrazine groups is 1. The van der Waals surface area contributed by atoms with Crippen molar-refractivity contribution in [2.45, 2.75) is 11.8 Å². The van der Waals surface area contributed by atoms with Gasteiger partial charge in [0.15, 0.2) is 0 Å². The van der Waals surface area contributed by atoms with Crippen molar-refractivity contribution in [3.05, 3.63) is 64.7 Å². The third-order valence-electron chi connectivity index (χ3n) is 2.87. The van der Waals surface area contributed by atoms with E-state index in [1.807, 2.05) is 6.92 Å². The fourth-order valence-corrected chi connectivity index (χ4v) is 2.81. The molecule has 0 aliphatic heterocycles. The van der Waals surface area contributed by atoms with Crippen LogP contribution in [0, 0.1) is 6.92 Å². The Labute approximate surface area is 128 Å². The summed E-state index contributed by atoms with van der Waals surface area (Å²) in [7, 11) is -4.08. The number of amides is 1. The van der Waals surface area contributed by atoms with Crippen LogP contribution in [0.1, 0.15) is 15.9 Å². The number of benzene rings is 2. The van der Waals surface area contributed by atoms with E-state index >= 15 is 0 Å². The molecule has 21 heavy (non-hydrogen) atoms. The highest BCUT2D eigenvalue weighted by Crippen LogP contribution is 2.17. The second-order valence-corrected chi connectivity index (χ2v) is 6.68. The predicted octanol–water partition coefficient (Wildman–Crippen LogP) is 2.35. The van der Waals surface area contributed by atoms with Gasteiger partial charge < -0.3 is 0 Å². The number of halogens is 1. The second-order valence-electron chi connectivity index (χ2n) is 4.43. The molecule has 1 amide bonds. The zero-order valence-corrected chi connectivity index (χ0v) is 12.7. The summed E-state index contributed by atoms with van der Waals surface area (Å²) in [5, 5.41) is 0.441. The maximum absolute atomic E-state index is 12.3. The lowest BCUT2D eigenvalue weighted by atomic mass is 10.2. The summed E-state index contributed by atoms with van der Waals surface area (Å²) in [6.07, 6.45) is 0. The molecule has 2 rings (SSSR count). The van der Waals surface area contributed by atoms with E-state index in [1.165, 1.54) is 36.4 Å². The van der Waals surface area contributed by atoms with E-state index in [9.17, 15) is 13.2 Å². The Bertz CT molecular complexity index is 756. The van der Waals surface area contributed by atoms with Gasteiger partial charge in [-0.2, -0.15) is 12.8 Å². The van der Waals surface area contributed by atoms with Crippen molar-refractivity contribution < 1.29 is 13.2 Å². The first-order valence-corrected chi connectivity index (χ1v) is 7.81. The third-order valence-corrected chi connectivity index (χ3v) is 4.67. The Kier molecular flexibility index (Phi) is 4.32. The molecule has 2 aromatic rings. The lowest BCUT2D eigenvalue weighted by molar-refractivity contribution is 0.0861. The SMILES string of the molecule is Cc1ccc(S(=O)(=O)N(N)C(=O)c2ccc(Cl)cc2)cc1. The van der Waals surface area contributed by atoms with Crippen LogP contribution in [0.3, 0.4) is 0 Å². The lowest BCUT2D eigenvalue weighted by Crippen LogP contribution is -2.42. The molecule has 0 spiro atoms. The Morgan fingerprint density at radius 1 is 1.05 bits per heavy atom. The van der Waals surface area contributed by atoms with Crippen LogP contribution in [-0.4, -0.2) is 18.7 Å². The second kappa shape index (κ2) is 5.85. The number of carbonyl (C=O) groups is 1. The predicted molar refractivity (Wildman–Crippen MR) is 80.2 cm³/mol. The zero-order chi connectivity index (χ0) is 15.6. The van der Waals surface area contributed by atoms with Crippen molar-refractivity contribution >= 4 is 27.5 Å².